The van der Waals surface area contributed by atoms with E-state index in [0.29, 0.717) is 10.0 Å². The fourth-order valence-electron chi connectivity index (χ4n) is 2.65. The minimum atomic E-state index is 0.632. The molecule has 18 heavy (non-hydrogen) atoms. The van der Waals surface area contributed by atoms with Crippen LogP contribution in [0, 0.1) is 5.92 Å². The van der Waals surface area contributed by atoms with Gasteiger partial charge >= 0.3 is 0 Å². The predicted octanol–water partition coefficient (Wildman–Crippen LogP) is 3.42. The van der Waals surface area contributed by atoms with E-state index in [1.54, 1.807) is 0 Å². The van der Waals surface area contributed by atoms with Gasteiger partial charge in [-0.3, -0.25) is 4.90 Å². The van der Waals surface area contributed by atoms with Crippen molar-refractivity contribution in [2.24, 2.45) is 5.92 Å². The first kappa shape index (κ1) is 14.1. The van der Waals surface area contributed by atoms with Gasteiger partial charge in [0.25, 0.3) is 0 Å². The van der Waals surface area contributed by atoms with Crippen molar-refractivity contribution in [3.05, 3.63) is 33.8 Å². The van der Waals surface area contributed by atoms with Crippen LogP contribution in [0.15, 0.2) is 18.2 Å². The molecule has 1 saturated heterocycles. The van der Waals surface area contributed by atoms with Crippen LogP contribution in [0.5, 0.6) is 0 Å². The highest BCUT2D eigenvalue weighted by atomic mass is 35.5. The van der Waals surface area contributed by atoms with Crippen LogP contribution in [0.25, 0.3) is 0 Å². The monoisotopic (exact) mass is 286 g/mol. The SMILES string of the molecule is CNCC1CCCN(Cc2ccc(Cl)c(Cl)c2)C1. The van der Waals surface area contributed by atoms with E-state index in [9.17, 15) is 0 Å². The number of likely N-dealkylation sites (tertiary alicyclic amines) is 1. The van der Waals surface area contributed by atoms with Crippen LogP contribution in [-0.2, 0) is 6.54 Å². The lowest BCUT2D eigenvalue weighted by molar-refractivity contribution is 0.167. The third-order valence-corrected chi connectivity index (χ3v) is 4.23. The van der Waals surface area contributed by atoms with Crippen LogP contribution in [0.1, 0.15) is 18.4 Å². The van der Waals surface area contributed by atoms with Gasteiger partial charge in [0.05, 0.1) is 10.0 Å². The largest absolute Gasteiger partial charge is 0.319 e. The van der Waals surface area contributed by atoms with E-state index in [1.165, 1.54) is 31.5 Å². The number of benzene rings is 1. The van der Waals surface area contributed by atoms with Crippen LogP contribution >= 0.6 is 23.2 Å². The van der Waals surface area contributed by atoms with Crippen LogP contribution in [0.4, 0.5) is 0 Å². The van der Waals surface area contributed by atoms with Crippen molar-refractivity contribution in [3.63, 3.8) is 0 Å². The Bertz CT molecular complexity index is 393. The van der Waals surface area contributed by atoms with Gasteiger partial charge in [-0.15, -0.1) is 0 Å². The number of nitrogens with one attached hydrogen (secondary N) is 1. The van der Waals surface area contributed by atoms with E-state index < -0.39 is 0 Å². The molecule has 100 valence electrons. The average Bonchev–Trinajstić information content (AvgIpc) is 2.35. The van der Waals surface area contributed by atoms with Gasteiger partial charge < -0.3 is 5.32 Å². The maximum absolute atomic E-state index is 6.05. The summed E-state index contributed by atoms with van der Waals surface area (Å²) in [5.41, 5.74) is 1.24. The maximum Gasteiger partial charge on any atom is 0.0595 e. The van der Waals surface area contributed by atoms with Gasteiger partial charge in [-0.2, -0.15) is 0 Å². The summed E-state index contributed by atoms with van der Waals surface area (Å²) in [5, 5.41) is 4.56. The van der Waals surface area contributed by atoms with Crippen molar-refractivity contribution < 1.29 is 0 Å². The van der Waals surface area contributed by atoms with Gasteiger partial charge in [-0.05, 0) is 56.6 Å². The van der Waals surface area contributed by atoms with Gasteiger partial charge in [0.1, 0.15) is 0 Å². The van der Waals surface area contributed by atoms with E-state index >= 15 is 0 Å². The summed E-state index contributed by atoms with van der Waals surface area (Å²) in [6.45, 7) is 4.43. The van der Waals surface area contributed by atoms with Crippen LogP contribution < -0.4 is 5.32 Å². The molecule has 1 aliphatic rings. The second kappa shape index (κ2) is 6.76. The first-order valence-corrected chi connectivity index (χ1v) is 7.25. The second-order valence-corrected chi connectivity index (χ2v) is 5.86. The Labute approximate surface area is 119 Å². The first-order valence-electron chi connectivity index (χ1n) is 6.50. The zero-order chi connectivity index (χ0) is 13.0. The van der Waals surface area contributed by atoms with Crippen molar-refractivity contribution in [1.29, 1.82) is 0 Å². The molecule has 0 bridgehead atoms. The van der Waals surface area contributed by atoms with Gasteiger partial charge in [0, 0.05) is 13.1 Å². The third-order valence-electron chi connectivity index (χ3n) is 3.49. The zero-order valence-corrected chi connectivity index (χ0v) is 12.3. The summed E-state index contributed by atoms with van der Waals surface area (Å²) in [4.78, 5) is 2.51. The highest BCUT2D eigenvalue weighted by Gasteiger charge is 2.19. The smallest absolute Gasteiger partial charge is 0.0595 e. The van der Waals surface area contributed by atoms with Gasteiger partial charge in [0.2, 0.25) is 0 Å². The molecule has 4 heteroatoms. The highest BCUT2D eigenvalue weighted by Crippen LogP contribution is 2.24. The molecule has 0 spiro atoms. The summed E-state index contributed by atoms with van der Waals surface area (Å²) in [7, 11) is 2.03. The summed E-state index contributed by atoms with van der Waals surface area (Å²) in [6, 6.07) is 5.93. The van der Waals surface area contributed by atoms with Gasteiger partial charge in [-0.1, -0.05) is 29.3 Å². The van der Waals surface area contributed by atoms with Crippen molar-refractivity contribution >= 4 is 23.2 Å². The molecule has 1 aromatic rings. The number of hydrogen-bond acceptors (Lipinski definition) is 2. The minimum absolute atomic E-state index is 0.632. The molecule has 1 N–H and O–H groups in total. The van der Waals surface area contributed by atoms with Crippen molar-refractivity contribution in [2.45, 2.75) is 19.4 Å². The Balaban J connectivity index is 1.93. The Morgan fingerprint density at radius 1 is 1.33 bits per heavy atom. The number of piperidine rings is 1. The van der Waals surface area contributed by atoms with Crippen molar-refractivity contribution in [2.75, 3.05) is 26.7 Å². The number of hydrogen-bond donors (Lipinski definition) is 1. The third kappa shape index (κ3) is 3.86. The molecular formula is C14H20Cl2N2. The standard InChI is InChI=1S/C14H20Cl2N2/c1-17-8-12-3-2-6-18(10-12)9-11-4-5-13(15)14(16)7-11/h4-5,7,12,17H,2-3,6,8-10H2,1H3. The molecule has 1 aliphatic heterocycles. The maximum atomic E-state index is 6.05. The zero-order valence-electron chi connectivity index (χ0n) is 10.8. The average molecular weight is 287 g/mol. The fraction of sp³-hybridized carbons (Fsp3) is 0.571. The minimum Gasteiger partial charge on any atom is -0.319 e. The number of rotatable bonds is 4. The van der Waals surface area contributed by atoms with Crippen molar-refractivity contribution in [3.8, 4) is 0 Å². The molecule has 2 rings (SSSR count). The summed E-state index contributed by atoms with van der Waals surface area (Å²) in [6.07, 6.45) is 2.62. The number of halogens is 2. The van der Waals surface area contributed by atoms with E-state index in [2.05, 4.69) is 16.3 Å². The van der Waals surface area contributed by atoms with Gasteiger partial charge in [-0.25, -0.2) is 0 Å². The normalized spacial score (nSPS) is 21.2. The van der Waals surface area contributed by atoms with E-state index in [0.717, 1.165) is 19.0 Å². The number of nitrogens with zero attached hydrogens (tertiary/aromatic N) is 1. The quantitative estimate of drug-likeness (QED) is 0.912. The first-order chi connectivity index (χ1) is 8.69. The molecule has 0 radical (unpaired) electrons. The Hall–Kier alpha value is -0.280. The fourth-order valence-corrected chi connectivity index (χ4v) is 2.97. The van der Waals surface area contributed by atoms with Crippen LogP contribution in [0.2, 0.25) is 10.0 Å². The summed E-state index contributed by atoms with van der Waals surface area (Å²) < 4.78 is 0. The molecule has 2 nitrogen and oxygen atoms in total. The molecule has 0 aromatic heterocycles. The van der Waals surface area contributed by atoms with Crippen LogP contribution in [-0.4, -0.2) is 31.6 Å². The van der Waals surface area contributed by atoms with Crippen LogP contribution in [0.3, 0.4) is 0 Å². The molecule has 1 atom stereocenters. The Kier molecular flexibility index (Phi) is 5.31. The van der Waals surface area contributed by atoms with E-state index in [-0.39, 0.29) is 0 Å². The van der Waals surface area contributed by atoms with E-state index in [4.69, 9.17) is 23.2 Å². The Morgan fingerprint density at radius 3 is 2.89 bits per heavy atom. The summed E-state index contributed by atoms with van der Waals surface area (Å²) >= 11 is 12.0. The summed E-state index contributed by atoms with van der Waals surface area (Å²) in [5.74, 6) is 0.770. The molecule has 0 saturated carbocycles. The topological polar surface area (TPSA) is 15.3 Å². The molecule has 0 aliphatic carbocycles. The molecular weight excluding hydrogens is 267 g/mol. The second-order valence-electron chi connectivity index (χ2n) is 5.05. The molecule has 1 unspecified atom stereocenters. The Morgan fingerprint density at radius 2 is 2.17 bits per heavy atom. The van der Waals surface area contributed by atoms with E-state index in [1.807, 2.05) is 19.2 Å². The predicted molar refractivity (Wildman–Crippen MR) is 78.4 cm³/mol. The highest BCUT2D eigenvalue weighted by molar-refractivity contribution is 6.42. The molecule has 1 fully saturated rings. The molecule has 0 amide bonds. The lowest BCUT2D eigenvalue weighted by Crippen LogP contribution is -2.38. The lowest BCUT2D eigenvalue weighted by atomic mass is 9.97. The van der Waals surface area contributed by atoms with Crippen molar-refractivity contribution in [1.82, 2.24) is 10.2 Å². The molecule has 1 heterocycles. The lowest BCUT2D eigenvalue weighted by Gasteiger charge is -2.32. The van der Waals surface area contributed by atoms with Gasteiger partial charge in [0.15, 0.2) is 0 Å². The molecule has 1 aromatic carbocycles.